The molecule has 0 aliphatic rings. The van der Waals surface area contributed by atoms with Crippen molar-refractivity contribution >= 4 is 15.9 Å². The predicted molar refractivity (Wildman–Crippen MR) is 82.2 cm³/mol. The number of aryl methyl sites for hydroxylation is 2. The van der Waals surface area contributed by atoms with Gasteiger partial charge in [-0.15, -0.1) is 0 Å². The van der Waals surface area contributed by atoms with Gasteiger partial charge in [-0.25, -0.2) is 4.39 Å². The molecule has 1 unspecified atom stereocenters. The number of benzene rings is 1. The molecule has 0 radical (unpaired) electrons. The Morgan fingerprint density at radius 2 is 2.20 bits per heavy atom. The van der Waals surface area contributed by atoms with Gasteiger partial charge in [0, 0.05) is 29.3 Å². The first-order chi connectivity index (χ1) is 9.55. The van der Waals surface area contributed by atoms with E-state index in [-0.39, 0.29) is 11.9 Å². The second kappa shape index (κ2) is 6.50. The van der Waals surface area contributed by atoms with Crippen LogP contribution in [0.2, 0.25) is 0 Å². The van der Waals surface area contributed by atoms with Crippen LogP contribution in [0.5, 0.6) is 0 Å². The Bertz CT molecular complexity index is 595. The second-order valence-corrected chi connectivity index (χ2v) is 5.69. The molecule has 20 heavy (non-hydrogen) atoms. The van der Waals surface area contributed by atoms with Gasteiger partial charge in [0.05, 0.1) is 5.69 Å². The number of nitrogens with one attached hydrogen (secondary N) is 1. The first kappa shape index (κ1) is 15.2. The van der Waals surface area contributed by atoms with E-state index in [2.05, 4.69) is 33.3 Å². The summed E-state index contributed by atoms with van der Waals surface area (Å²) in [5.41, 5.74) is 3.21. The molecular formula is C15H19BrFN3. The molecule has 1 heterocycles. The van der Waals surface area contributed by atoms with Crippen LogP contribution in [0.3, 0.4) is 0 Å². The fourth-order valence-corrected chi connectivity index (χ4v) is 2.81. The third kappa shape index (κ3) is 3.27. The van der Waals surface area contributed by atoms with Gasteiger partial charge in [0.2, 0.25) is 0 Å². The quantitative estimate of drug-likeness (QED) is 0.904. The summed E-state index contributed by atoms with van der Waals surface area (Å²) in [5, 5.41) is 7.78. The SMILES string of the molecule is CCc1nn(C)cc1C(Cc1cc(F)ccc1Br)NC. The van der Waals surface area contributed by atoms with Crippen LogP contribution in [0.15, 0.2) is 28.9 Å². The molecule has 2 aromatic rings. The summed E-state index contributed by atoms with van der Waals surface area (Å²) >= 11 is 3.49. The largest absolute Gasteiger partial charge is 0.313 e. The Kier molecular flexibility index (Phi) is 4.94. The molecule has 0 aliphatic carbocycles. The molecule has 1 aromatic heterocycles. The lowest BCUT2D eigenvalue weighted by molar-refractivity contribution is 0.578. The van der Waals surface area contributed by atoms with Crippen molar-refractivity contribution in [3.8, 4) is 0 Å². The first-order valence-corrected chi connectivity index (χ1v) is 7.48. The van der Waals surface area contributed by atoms with Gasteiger partial charge in [-0.3, -0.25) is 4.68 Å². The molecule has 0 bridgehead atoms. The van der Waals surface area contributed by atoms with Gasteiger partial charge in [-0.1, -0.05) is 22.9 Å². The minimum Gasteiger partial charge on any atom is -0.313 e. The minimum absolute atomic E-state index is 0.122. The molecule has 0 spiro atoms. The number of likely N-dealkylation sites (N-methyl/N-ethyl adjacent to an activating group) is 1. The summed E-state index contributed by atoms with van der Waals surface area (Å²) in [4.78, 5) is 0. The molecule has 0 saturated heterocycles. The summed E-state index contributed by atoms with van der Waals surface area (Å²) in [6.07, 6.45) is 3.64. The normalized spacial score (nSPS) is 12.7. The molecule has 108 valence electrons. The Morgan fingerprint density at radius 3 is 2.85 bits per heavy atom. The summed E-state index contributed by atoms with van der Waals surface area (Å²) in [6, 6.07) is 4.91. The van der Waals surface area contributed by atoms with Crippen molar-refractivity contribution in [2.24, 2.45) is 7.05 Å². The van der Waals surface area contributed by atoms with Gasteiger partial charge in [0.25, 0.3) is 0 Å². The number of rotatable bonds is 5. The van der Waals surface area contributed by atoms with Crippen molar-refractivity contribution in [1.82, 2.24) is 15.1 Å². The van der Waals surface area contributed by atoms with Crippen LogP contribution in [0.25, 0.3) is 0 Å². The van der Waals surface area contributed by atoms with Crippen molar-refractivity contribution in [3.63, 3.8) is 0 Å². The van der Waals surface area contributed by atoms with Crippen LogP contribution in [0, 0.1) is 5.82 Å². The topological polar surface area (TPSA) is 29.9 Å². The maximum Gasteiger partial charge on any atom is 0.123 e. The van der Waals surface area contributed by atoms with Crippen LogP contribution < -0.4 is 5.32 Å². The van der Waals surface area contributed by atoms with E-state index in [1.54, 1.807) is 12.1 Å². The zero-order chi connectivity index (χ0) is 14.7. The number of hydrogen-bond donors (Lipinski definition) is 1. The molecule has 0 saturated carbocycles. The number of nitrogens with zero attached hydrogens (tertiary/aromatic N) is 2. The molecule has 1 aromatic carbocycles. The highest BCUT2D eigenvalue weighted by atomic mass is 79.9. The highest BCUT2D eigenvalue weighted by molar-refractivity contribution is 9.10. The van der Waals surface area contributed by atoms with Crippen LogP contribution in [0.4, 0.5) is 4.39 Å². The highest BCUT2D eigenvalue weighted by Gasteiger charge is 2.18. The first-order valence-electron chi connectivity index (χ1n) is 6.68. The Balaban J connectivity index is 2.30. The number of hydrogen-bond acceptors (Lipinski definition) is 2. The zero-order valence-electron chi connectivity index (χ0n) is 12.0. The maximum atomic E-state index is 13.4. The van der Waals surface area contributed by atoms with Crippen molar-refractivity contribution in [3.05, 3.63) is 51.5 Å². The number of aromatic nitrogens is 2. The Labute approximate surface area is 127 Å². The van der Waals surface area contributed by atoms with Crippen LogP contribution in [-0.2, 0) is 19.9 Å². The fraction of sp³-hybridized carbons (Fsp3) is 0.400. The standard InChI is InChI=1S/C15H19BrFN3/c1-4-14-12(9-20(3)19-14)15(18-2)8-10-7-11(17)5-6-13(10)16/h5-7,9,15,18H,4,8H2,1-3H3. The zero-order valence-corrected chi connectivity index (χ0v) is 13.5. The summed E-state index contributed by atoms with van der Waals surface area (Å²) in [7, 11) is 3.85. The van der Waals surface area contributed by atoms with E-state index in [9.17, 15) is 4.39 Å². The predicted octanol–water partition coefficient (Wildman–Crippen LogP) is 3.39. The van der Waals surface area contributed by atoms with E-state index in [0.717, 1.165) is 22.2 Å². The van der Waals surface area contributed by atoms with Gasteiger partial charge in [-0.2, -0.15) is 5.10 Å². The maximum absolute atomic E-state index is 13.4. The van der Waals surface area contributed by atoms with E-state index in [1.165, 1.54) is 11.6 Å². The third-order valence-corrected chi connectivity index (χ3v) is 4.20. The average Bonchev–Trinajstić information content (AvgIpc) is 2.80. The molecule has 1 atom stereocenters. The molecular weight excluding hydrogens is 321 g/mol. The van der Waals surface area contributed by atoms with Crippen LogP contribution in [-0.4, -0.2) is 16.8 Å². The van der Waals surface area contributed by atoms with Crippen molar-refractivity contribution in [2.45, 2.75) is 25.8 Å². The van der Waals surface area contributed by atoms with E-state index < -0.39 is 0 Å². The molecule has 3 nitrogen and oxygen atoms in total. The van der Waals surface area contributed by atoms with E-state index in [0.29, 0.717) is 6.42 Å². The van der Waals surface area contributed by atoms with Gasteiger partial charge in [0.1, 0.15) is 5.82 Å². The summed E-state index contributed by atoms with van der Waals surface area (Å²) in [6.45, 7) is 2.09. The summed E-state index contributed by atoms with van der Waals surface area (Å²) in [5.74, 6) is -0.208. The monoisotopic (exact) mass is 339 g/mol. The van der Waals surface area contributed by atoms with E-state index >= 15 is 0 Å². The van der Waals surface area contributed by atoms with Crippen molar-refractivity contribution in [2.75, 3.05) is 7.05 Å². The Morgan fingerprint density at radius 1 is 1.45 bits per heavy atom. The molecule has 5 heteroatoms. The number of halogens is 2. The molecule has 1 N–H and O–H groups in total. The fourth-order valence-electron chi connectivity index (χ4n) is 2.41. The van der Waals surface area contributed by atoms with Crippen LogP contribution >= 0.6 is 15.9 Å². The lowest BCUT2D eigenvalue weighted by Crippen LogP contribution is -2.20. The second-order valence-electron chi connectivity index (χ2n) is 4.84. The molecule has 0 aliphatic heterocycles. The minimum atomic E-state index is -0.208. The lowest BCUT2D eigenvalue weighted by atomic mass is 9.98. The third-order valence-electron chi connectivity index (χ3n) is 3.43. The summed E-state index contributed by atoms with van der Waals surface area (Å²) < 4.78 is 16.2. The highest BCUT2D eigenvalue weighted by Crippen LogP contribution is 2.26. The smallest absolute Gasteiger partial charge is 0.123 e. The van der Waals surface area contributed by atoms with Gasteiger partial charge < -0.3 is 5.32 Å². The van der Waals surface area contributed by atoms with Gasteiger partial charge >= 0.3 is 0 Å². The van der Waals surface area contributed by atoms with Gasteiger partial charge in [-0.05, 0) is 43.7 Å². The average molecular weight is 340 g/mol. The van der Waals surface area contributed by atoms with Crippen molar-refractivity contribution in [1.29, 1.82) is 0 Å². The Hall–Kier alpha value is -1.20. The van der Waals surface area contributed by atoms with Gasteiger partial charge in [0.15, 0.2) is 0 Å². The lowest BCUT2D eigenvalue weighted by Gasteiger charge is -2.17. The van der Waals surface area contributed by atoms with E-state index in [4.69, 9.17) is 0 Å². The van der Waals surface area contributed by atoms with E-state index in [1.807, 2.05) is 25.0 Å². The molecule has 0 amide bonds. The van der Waals surface area contributed by atoms with Crippen LogP contribution in [0.1, 0.15) is 29.8 Å². The molecule has 0 fully saturated rings. The van der Waals surface area contributed by atoms with Crippen molar-refractivity contribution < 1.29 is 4.39 Å². The molecule has 2 rings (SSSR count).